The highest BCUT2D eigenvalue weighted by Crippen LogP contribution is 2.29. The van der Waals surface area contributed by atoms with Crippen LogP contribution in [0.1, 0.15) is 32.8 Å². The molecule has 9 heteroatoms. The second-order valence-corrected chi connectivity index (χ2v) is 9.36. The standard InChI is InChI=1S/C26H28N4O5/c1-26(2,3)35-25(33)29-21(12-16-13-27-20-10-6-4-8-18(16)20)24(32)30-28-14-17-15-34-22-11-7-5-9-19(22)23(17)31/h4-11,13-15,18,20-21,27H,12H2,1-3H3,(H,29,33)(H,30,32). The molecule has 2 heterocycles. The van der Waals surface area contributed by atoms with Gasteiger partial charge in [0.1, 0.15) is 23.5 Å². The zero-order chi connectivity index (χ0) is 25.0. The third-order valence-corrected chi connectivity index (χ3v) is 5.56. The zero-order valence-corrected chi connectivity index (χ0v) is 19.8. The molecular formula is C26H28N4O5. The van der Waals surface area contributed by atoms with E-state index in [1.807, 2.05) is 24.4 Å². The topological polar surface area (TPSA) is 122 Å². The normalized spacial score (nSPS) is 19.7. The van der Waals surface area contributed by atoms with Crippen LogP contribution in [0.25, 0.3) is 11.0 Å². The van der Waals surface area contributed by atoms with Gasteiger partial charge in [-0.05, 0) is 44.7 Å². The van der Waals surface area contributed by atoms with Gasteiger partial charge in [0.2, 0.25) is 5.43 Å². The van der Waals surface area contributed by atoms with Crippen LogP contribution in [-0.2, 0) is 9.53 Å². The van der Waals surface area contributed by atoms with Crippen molar-refractivity contribution in [2.24, 2.45) is 11.0 Å². The number of hydrazone groups is 1. The summed E-state index contributed by atoms with van der Waals surface area (Å²) in [7, 11) is 0. The first-order valence-electron chi connectivity index (χ1n) is 11.3. The first kappa shape index (κ1) is 24.0. The van der Waals surface area contributed by atoms with Gasteiger partial charge >= 0.3 is 6.09 Å². The quantitative estimate of drug-likeness (QED) is 0.435. The summed E-state index contributed by atoms with van der Waals surface area (Å²) in [6.45, 7) is 5.23. The Labute approximate surface area is 202 Å². The van der Waals surface area contributed by atoms with Crippen molar-refractivity contribution < 1.29 is 18.7 Å². The highest BCUT2D eigenvalue weighted by Gasteiger charge is 2.32. The summed E-state index contributed by atoms with van der Waals surface area (Å²) in [5.74, 6) is -0.460. The van der Waals surface area contributed by atoms with Crippen LogP contribution in [0.2, 0.25) is 0 Å². The summed E-state index contributed by atoms with van der Waals surface area (Å²) in [5.41, 5.74) is 3.05. The Kier molecular flexibility index (Phi) is 6.86. The molecule has 4 rings (SSSR count). The molecule has 0 spiro atoms. The fourth-order valence-corrected chi connectivity index (χ4v) is 3.94. The van der Waals surface area contributed by atoms with Crippen molar-refractivity contribution in [1.82, 2.24) is 16.1 Å². The van der Waals surface area contributed by atoms with Crippen molar-refractivity contribution in [3.05, 3.63) is 82.4 Å². The van der Waals surface area contributed by atoms with E-state index in [4.69, 9.17) is 9.15 Å². The Balaban J connectivity index is 1.48. The largest absolute Gasteiger partial charge is 0.463 e. The Morgan fingerprint density at radius 3 is 2.80 bits per heavy atom. The molecule has 2 aromatic rings. The molecule has 2 aliphatic rings. The van der Waals surface area contributed by atoms with Gasteiger partial charge in [-0.2, -0.15) is 5.10 Å². The van der Waals surface area contributed by atoms with E-state index < -0.39 is 23.6 Å². The third-order valence-electron chi connectivity index (χ3n) is 5.56. The van der Waals surface area contributed by atoms with Crippen LogP contribution in [0.3, 0.4) is 0 Å². The molecule has 1 aromatic heterocycles. The van der Waals surface area contributed by atoms with Crippen LogP contribution in [0.5, 0.6) is 0 Å². The van der Waals surface area contributed by atoms with Gasteiger partial charge in [-0.1, -0.05) is 36.4 Å². The maximum Gasteiger partial charge on any atom is 0.408 e. The molecule has 1 aliphatic carbocycles. The van der Waals surface area contributed by atoms with Gasteiger partial charge in [0, 0.05) is 12.3 Å². The highest BCUT2D eigenvalue weighted by molar-refractivity contribution is 5.89. The van der Waals surface area contributed by atoms with E-state index in [1.54, 1.807) is 45.0 Å². The average molecular weight is 477 g/mol. The number of allylic oxidation sites excluding steroid dienone is 2. The van der Waals surface area contributed by atoms with Crippen molar-refractivity contribution >= 4 is 29.2 Å². The molecule has 3 N–H and O–H groups in total. The van der Waals surface area contributed by atoms with Crippen LogP contribution in [0.4, 0.5) is 4.79 Å². The molecule has 3 atom stereocenters. The minimum Gasteiger partial charge on any atom is -0.463 e. The van der Waals surface area contributed by atoms with Crippen molar-refractivity contribution in [3.8, 4) is 0 Å². The zero-order valence-electron chi connectivity index (χ0n) is 19.8. The van der Waals surface area contributed by atoms with Gasteiger partial charge in [0.05, 0.1) is 23.2 Å². The molecule has 0 saturated carbocycles. The molecule has 2 amide bonds. The number of carbonyl (C=O) groups excluding carboxylic acids is 2. The van der Waals surface area contributed by atoms with Gasteiger partial charge in [-0.25, -0.2) is 10.2 Å². The maximum absolute atomic E-state index is 13.0. The second-order valence-electron chi connectivity index (χ2n) is 9.36. The molecule has 0 radical (unpaired) electrons. The number of alkyl carbamates (subject to hydrolysis) is 1. The summed E-state index contributed by atoms with van der Waals surface area (Å²) >= 11 is 0. The van der Waals surface area contributed by atoms with Crippen LogP contribution in [-0.4, -0.2) is 35.9 Å². The molecule has 0 bridgehead atoms. The number of hydrogen-bond acceptors (Lipinski definition) is 7. The van der Waals surface area contributed by atoms with E-state index in [9.17, 15) is 14.4 Å². The van der Waals surface area contributed by atoms with Gasteiger partial charge in [0.25, 0.3) is 5.91 Å². The number of nitrogens with zero attached hydrogens (tertiary/aromatic N) is 1. The predicted molar refractivity (Wildman–Crippen MR) is 133 cm³/mol. The lowest BCUT2D eigenvalue weighted by Gasteiger charge is -2.24. The average Bonchev–Trinajstić information content (AvgIpc) is 3.22. The number of nitrogens with one attached hydrogen (secondary N) is 3. The van der Waals surface area contributed by atoms with E-state index in [-0.39, 0.29) is 29.4 Å². The first-order valence-corrected chi connectivity index (χ1v) is 11.3. The van der Waals surface area contributed by atoms with Crippen LogP contribution >= 0.6 is 0 Å². The number of rotatable bonds is 6. The van der Waals surface area contributed by atoms with Crippen molar-refractivity contribution in [2.45, 2.75) is 44.9 Å². The summed E-state index contributed by atoms with van der Waals surface area (Å²) in [6, 6.07) is 6.04. The van der Waals surface area contributed by atoms with Crippen molar-refractivity contribution in [1.29, 1.82) is 0 Å². The first-order chi connectivity index (χ1) is 16.7. The second kappa shape index (κ2) is 10.0. The number of para-hydroxylation sites is 1. The summed E-state index contributed by atoms with van der Waals surface area (Å²) in [4.78, 5) is 38.0. The van der Waals surface area contributed by atoms with Gasteiger partial charge in [0.15, 0.2) is 0 Å². The fourth-order valence-electron chi connectivity index (χ4n) is 3.94. The third kappa shape index (κ3) is 5.87. The van der Waals surface area contributed by atoms with Crippen LogP contribution in [0.15, 0.2) is 80.9 Å². The SMILES string of the molecule is CC(C)(C)OC(=O)NC(CC1=CNC2C=CC=CC12)C(=O)NN=Cc1coc2ccccc2c1=O. The number of benzene rings is 1. The van der Waals surface area contributed by atoms with E-state index in [0.29, 0.717) is 11.0 Å². The molecule has 182 valence electrons. The molecule has 1 aliphatic heterocycles. The molecule has 9 nitrogen and oxygen atoms in total. The molecule has 0 fully saturated rings. The van der Waals surface area contributed by atoms with Crippen LogP contribution < -0.4 is 21.5 Å². The number of ether oxygens (including phenoxy) is 1. The Bertz CT molecular complexity index is 1300. The smallest absolute Gasteiger partial charge is 0.408 e. The monoisotopic (exact) mass is 476 g/mol. The Morgan fingerprint density at radius 1 is 1.23 bits per heavy atom. The van der Waals surface area contributed by atoms with Gasteiger partial charge in [-0.15, -0.1) is 0 Å². The summed E-state index contributed by atoms with van der Waals surface area (Å²) < 4.78 is 10.8. The van der Waals surface area contributed by atoms with E-state index in [0.717, 1.165) is 5.57 Å². The minimum atomic E-state index is -0.943. The van der Waals surface area contributed by atoms with E-state index in [2.05, 4.69) is 27.2 Å². The lowest BCUT2D eigenvalue weighted by atomic mass is 9.88. The van der Waals surface area contributed by atoms with Gasteiger partial charge < -0.3 is 19.8 Å². The lowest BCUT2D eigenvalue weighted by molar-refractivity contribution is -0.123. The summed E-state index contributed by atoms with van der Waals surface area (Å²) in [6.07, 6.45) is 11.9. The highest BCUT2D eigenvalue weighted by atomic mass is 16.6. The maximum atomic E-state index is 13.0. The molecule has 35 heavy (non-hydrogen) atoms. The molecule has 0 saturated heterocycles. The predicted octanol–water partition coefficient (Wildman–Crippen LogP) is 3.12. The number of amides is 2. The number of fused-ring (bicyclic) bond motifs is 2. The Hall–Kier alpha value is -4.14. The fraction of sp³-hybridized carbons (Fsp3) is 0.308. The lowest BCUT2D eigenvalue weighted by Crippen LogP contribution is -2.47. The molecular weight excluding hydrogens is 448 g/mol. The Morgan fingerprint density at radius 2 is 2.00 bits per heavy atom. The number of hydrogen-bond donors (Lipinski definition) is 3. The molecule has 1 aromatic carbocycles. The van der Waals surface area contributed by atoms with Crippen molar-refractivity contribution in [3.63, 3.8) is 0 Å². The van der Waals surface area contributed by atoms with E-state index in [1.165, 1.54) is 12.5 Å². The minimum absolute atomic E-state index is 0.0847. The van der Waals surface area contributed by atoms with Crippen LogP contribution in [0, 0.1) is 5.92 Å². The number of carbonyl (C=O) groups is 2. The van der Waals surface area contributed by atoms with Crippen molar-refractivity contribution in [2.75, 3.05) is 0 Å². The summed E-state index contributed by atoms with van der Waals surface area (Å²) in [5, 5.41) is 10.3. The van der Waals surface area contributed by atoms with Gasteiger partial charge in [-0.3, -0.25) is 9.59 Å². The molecule has 3 unspecified atom stereocenters. The van der Waals surface area contributed by atoms with E-state index >= 15 is 0 Å².